The number of nitrogens with zero attached hydrogens (tertiary/aromatic N) is 2. The van der Waals surface area contributed by atoms with E-state index < -0.39 is 11.6 Å². The van der Waals surface area contributed by atoms with Crippen LogP contribution in [0.25, 0.3) is 22.4 Å². The largest absolute Gasteiger partial charge is 0.493 e. The summed E-state index contributed by atoms with van der Waals surface area (Å²) in [6, 6.07) is 11.7. The number of para-hydroxylation sites is 1. The summed E-state index contributed by atoms with van der Waals surface area (Å²) in [7, 11) is 4.55. The van der Waals surface area contributed by atoms with Gasteiger partial charge in [-0.1, -0.05) is 41.8 Å². The molecule has 36 heavy (non-hydrogen) atoms. The second-order valence-corrected chi connectivity index (χ2v) is 7.92. The lowest BCUT2D eigenvalue weighted by molar-refractivity contribution is 0.0552. The van der Waals surface area contributed by atoms with Crippen molar-refractivity contribution < 1.29 is 32.6 Å². The second kappa shape index (κ2) is 11.3. The molecule has 4 aromatic rings. The summed E-state index contributed by atoms with van der Waals surface area (Å²) >= 11 is 1.22. The zero-order chi connectivity index (χ0) is 25.5. The van der Waals surface area contributed by atoms with Crippen LogP contribution in [-0.2, 0) is 4.74 Å². The summed E-state index contributed by atoms with van der Waals surface area (Å²) in [4.78, 5) is 24.2. The highest BCUT2D eigenvalue weighted by Gasteiger charge is 2.18. The first-order chi connectivity index (χ1) is 17.5. The zero-order valence-electron chi connectivity index (χ0n) is 19.5. The van der Waals surface area contributed by atoms with Crippen molar-refractivity contribution in [2.45, 2.75) is 5.22 Å². The summed E-state index contributed by atoms with van der Waals surface area (Å²) < 4.78 is 31.9. The van der Waals surface area contributed by atoms with Crippen LogP contribution in [0.4, 0.5) is 0 Å². The number of hydrogen-bond donors (Lipinski definition) is 0. The Morgan fingerprint density at radius 2 is 1.72 bits per heavy atom. The first-order valence-corrected chi connectivity index (χ1v) is 11.4. The quantitative estimate of drug-likeness (QED) is 0.149. The van der Waals surface area contributed by atoms with E-state index in [4.69, 9.17) is 27.8 Å². The zero-order valence-corrected chi connectivity index (χ0v) is 20.3. The molecule has 0 fully saturated rings. The summed E-state index contributed by atoms with van der Waals surface area (Å²) in [6.45, 7) is -0.188. The van der Waals surface area contributed by atoms with Crippen molar-refractivity contribution in [3.63, 3.8) is 0 Å². The van der Waals surface area contributed by atoms with Crippen molar-refractivity contribution >= 4 is 28.7 Å². The third-order valence-electron chi connectivity index (χ3n) is 4.85. The van der Waals surface area contributed by atoms with Crippen LogP contribution in [0.3, 0.4) is 0 Å². The van der Waals surface area contributed by atoms with Crippen LogP contribution in [0.1, 0.15) is 10.4 Å². The normalized spacial score (nSPS) is 10.4. The van der Waals surface area contributed by atoms with Crippen molar-refractivity contribution in [3.8, 4) is 40.5 Å². The fraction of sp³-hybridized carbons (Fsp3) is 0.200. The van der Waals surface area contributed by atoms with E-state index in [2.05, 4.69) is 22.0 Å². The molecule has 0 radical (unpaired) electrons. The number of fused-ring (bicyclic) bond motifs is 1. The Balaban J connectivity index is 1.33. The van der Waals surface area contributed by atoms with Gasteiger partial charge in [0, 0.05) is 10.9 Å². The molecular formula is C25H20N2O8S. The Morgan fingerprint density at radius 1 is 0.972 bits per heavy atom. The SMILES string of the molecule is COc1cc(-c2nnc(SCC#CCOC(=O)c3cc4ccccc4oc3=O)o2)cc(OC)c1OC. The number of ether oxygens (including phenoxy) is 4. The predicted molar refractivity (Wildman–Crippen MR) is 131 cm³/mol. The van der Waals surface area contributed by atoms with E-state index in [1.165, 1.54) is 39.2 Å². The van der Waals surface area contributed by atoms with Gasteiger partial charge in [-0.15, -0.1) is 10.2 Å². The smallest absolute Gasteiger partial charge is 0.351 e. The van der Waals surface area contributed by atoms with Crippen molar-refractivity contribution in [2.75, 3.05) is 33.7 Å². The topological polar surface area (TPSA) is 123 Å². The van der Waals surface area contributed by atoms with E-state index in [0.717, 1.165) is 0 Å². The van der Waals surface area contributed by atoms with E-state index in [0.29, 0.717) is 44.8 Å². The summed E-state index contributed by atoms with van der Waals surface area (Å²) in [6.07, 6.45) is 0. The third kappa shape index (κ3) is 5.45. The predicted octanol–water partition coefficient (Wildman–Crippen LogP) is 3.82. The van der Waals surface area contributed by atoms with E-state index in [1.807, 2.05) is 0 Å². The average Bonchev–Trinajstić information content (AvgIpc) is 3.38. The van der Waals surface area contributed by atoms with Crippen molar-refractivity contribution in [2.24, 2.45) is 0 Å². The standard InChI is InChI=1S/C25H20N2O8S/c1-30-19-13-16(14-20(31-2)21(19)32-3)22-26-27-25(35-22)36-11-7-6-10-33-23(28)17-12-15-8-4-5-9-18(15)34-24(17)29/h4-5,8-9,12-14H,10-11H2,1-3H3. The minimum atomic E-state index is -0.802. The lowest BCUT2D eigenvalue weighted by atomic mass is 10.2. The average molecular weight is 509 g/mol. The first kappa shape index (κ1) is 24.7. The van der Waals surface area contributed by atoms with Gasteiger partial charge in [0.1, 0.15) is 11.1 Å². The van der Waals surface area contributed by atoms with E-state index in [9.17, 15) is 9.59 Å². The number of thioether (sulfide) groups is 1. The fourth-order valence-corrected chi connectivity index (χ4v) is 3.71. The van der Waals surface area contributed by atoms with Crippen LogP contribution >= 0.6 is 11.8 Å². The molecule has 0 atom stereocenters. The monoisotopic (exact) mass is 508 g/mol. The number of benzene rings is 2. The number of hydrogen-bond acceptors (Lipinski definition) is 11. The Kier molecular flexibility index (Phi) is 7.77. The van der Waals surface area contributed by atoms with Crippen LogP contribution in [-0.4, -0.2) is 49.9 Å². The van der Waals surface area contributed by atoms with Gasteiger partial charge in [-0.3, -0.25) is 0 Å². The Hall–Kier alpha value is -4.43. The molecule has 0 aliphatic carbocycles. The van der Waals surface area contributed by atoms with E-state index >= 15 is 0 Å². The van der Waals surface area contributed by atoms with Gasteiger partial charge in [-0.2, -0.15) is 0 Å². The minimum absolute atomic E-state index is 0.185. The highest BCUT2D eigenvalue weighted by Crippen LogP contribution is 2.41. The molecule has 0 bridgehead atoms. The molecule has 184 valence electrons. The van der Waals surface area contributed by atoms with Crippen LogP contribution < -0.4 is 19.8 Å². The molecule has 0 aliphatic rings. The van der Waals surface area contributed by atoms with Gasteiger partial charge in [0.2, 0.25) is 11.6 Å². The fourth-order valence-electron chi connectivity index (χ4n) is 3.17. The highest BCUT2D eigenvalue weighted by atomic mass is 32.2. The maximum Gasteiger partial charge on any atom is 0.351 e. The molecule has 0 saturated heterocycles. The number of carbonyl (C=O) groups excluding carboxylic acids is 1. The van der Waals surface area contributed by atoms with Crippen LogP contribution in [0.15, 0.2) is 61.3 Å². The van der Waals surface area contributed by atoms with Crippen LogP contribution in [0, 0.1) is 11.8 Å². The lowest BCUT2D eigenvalue weighted by Gasteiger charge is -2.12. The van der Waals surface area contributed by atoms with Crippen LogP contribution in [0.5, 0.6) is 17.2 Å². The molecule has 0 unspecified atom stereocenters. The molecular weight excluding hydrogens is 488 g/mol. The number of aromatic nitrogens is 2. The number of esters is 1. The Labute approximate surface area is 209 Å². The van der Waals surface area contributed by atoms with Crippen molar-refractivity contribution in [1.29, 1.82) is 0 Å². The Bertz CT molecular complexity index is 1490. The molecule has 2 heterocycles. The summed E-state index contributed by atoms with van der Waals surface area (Å²) in [5.41, 5.74) is 0.0434. The summed E-state index contributed by atoms with van der Waals surface area (Å²) in [5.74, 6) is 6.70. The van der Waals surface area contributed by atoms with Gasteiger partial charge in [-0.05, 0) is 24.3 Å². The Morgan fingerprint density at radius 3 is 2.44 bits per heavy atom. The highest BCUT2D eigenvalue weighted by molar-refractivity contribution is 7.99. The van der Waals surface area contributed by atoms with Crippen LogP contribution in [0.2, 0.25) is 0 Å². The summed E-state index contributed by atoms with van der Waals surface area (Å²) in [5, 5.41) is 8.98. The molecule has 4 rings (SSSR count). The molecule has 0 spiro atoms. The molecule has 0 saturated carbocycles. The first-order valence-electron chi connectivity index (χ1n) is 10.5. The van der Waals surface area contributed by atoms with E-state index in [1.54, 1.807) is 36.4 Å². The molecule has 2 aromatic carbocycles. The lowest BCUT2D eigenvalue weighted by Crippen LogP contribution is -2.16. The van der Waals surface area contributed by atoms with Gasteiger partial charge in [0.15, 0.2) is 18.1 Å². The van der Waals surface area contributed by atoms with E-state index in [-0.39, 0.29) is 18.1 Å². The third-order valence-corrected chi connectivity index (χ3v) is 5.55. The minimum Gasteiger partial charge on any atom is -0.493 e. The second-order valence-electron chi connectivity index (χ2n) is 6.99. The van der Waals surface area contributed by atoms with Gasteiger partial charge < -0.3 is 27.8 Å². The number of methoxy groups -OCH3 is 3. The molecule has 0 aliphatic heterocycles. The number of carbonyl (C=O) groups is 1. The van der Waals surface area contributed by atoms with Gasteiger partial charge in [-0.25, -0.2) is 9.59 Å². The van der Waals surface area contributed by atoms with Gasteiger partial charge >= 0.3 is 11.6 Å². The van der Waals surface area contributed by atoms with Gasteiger partial charge in [0.05, 0.1) is 27.1 Å². The molecule has 0 amide bonds. The maximum atomic E-state index is 12.2. The molecule has 10 nitrogen and oxygen atoms in total. The van der Waals surface area contributed by atoms with Gasteiger partial charge in [0.25, 0.3) is 5.22 Å². The van der Waals surface area contributed by atoms with Crippen molar-refractivity contribution in [3.05, 3.63) is 58.4 Å². The molecule has 0 N–H and O–H groups in total. The number of rotatable bonds is 8. The van der Waals surface area contributed by atoms with Crippen molar-refractivity contribution in [1.82, 2.24) is 10.2 Å². The molecule has 2 aromatic heterocycles. The maximum absolute atomic E-state index is 12.2. The molecule has 11 heteroatoms.